The standard InChI is InChI=1S/C25H18BF3N2O2.C2H6/c1-15(22-14-19(26)11-12-30-22)31-24(32)17-5-10-21-16(13-17)3-2-4-23(21)33-20-8-6-18(7-9-20)25(27,28)29;1-2/h2-15H,1H3,(H,31,32);1-2H3. The minimum atomic E-state index is -4.41. The van der Waals surface area contributed by atoms with Crippen LogP contribution in [0.2, 0.25) is 0 Å². The molecule has 3 aromatic carbocycles. The molecule has 2 radical (unpaired) electrons. The number of pyridine rings is 1. The summed E-state index contributed by atoms with van der Waals surface area (Å²) in [6.07, 6.45) is -2.82. The Morgan fingerprint density at radius 1 is 1.00 bits per heavy atom. The van der Waals surface area contributed by atoms with Gasteiger partial charge in [0.15, 0.2) is 0 Å². The van der Waals surface area contributed by atoms with Crippen molar-refractivity contribution in [3.8, 4) is 11.5 Å². The maximum Gasteiger partial charge on any atom is 0.416 e. The Morgan fingerprint density at radius 3 is 2.37 bits per heavy atom. The van der Waals surface area contributed by atoms with Gasteiger partial charge in [0.05, 0.1) is 17.3 Å². The summed E-state index contributed by atoms with van der Waals surface area (Å²) in [4.78, 5) is 17.0. The molecule has 178 valence electrons. The molecule has 1 unspecified atom stereocenters. The number of ether oxygens (including phenoxy) is 1. The van der Waals surface area contributed by atoms with Crippen molar-refractivity contribution < 1.29 is 22.7 Å². The van der Waals surface area contributed by atoms with Crippen molar-refractivity contribution >= 4 is 30.0 Å². The number of carbonyl (C=O) groups is 1. The van der Waals surface area contributed by atoms with Crippen LogP contribution in [-0.2, 0) is 6.18 Å². The van der Waals surface area contributed by atoms with E-state index in [1.165, 1.54) is 12.1 Å². The molecule has 0 bridgehead atoms. The Kier molecular flexibility index (Phi) is 8.17. The first-order chi connectivity index (χ1) is 16.7. The molecule has 4 nitrogen and oxygen atoms in total. The molecule has 0 aliphatic heterocycles. The van der Waals surface area contributed by atoms with Crippen molar-refractivity contribution in [3.63, 3.8) is 0 Å². The highest BCUT2D eigenvalue weighted by molar-refractivity contribution is 6.32. The molecule has 4 aromatic rings. The van der Waals surface area contributed by atoms with Crippen LogP contribution in [0, 0.1) is 0 Å². The van der Waals surface area contributed by atoms with Gasteiger partial charge in [-0.25, -0.2) is 0 Å². The van der Waals surface area contributed by atoms with Crippen molar-refractivity contribution in [2.24, 2.45) is 0 Å². The summed E-state index contributed by atoms with van der Waals surface area (Å²) in [5.41, 5.74) is 0.916. The van der Waals surface area contributed by atoms with Crippen molar-refractivity contribution in [3.05, 3.63) is 95.8 Å². The molecule has 1 amide bonds. The SMILES string of the molecule is CC.[B]c1ccnc(C(C)NC(=O)c2ccc3c(Oc4ccc(C(F)(F)F)cc4)cccc3c2)c1. The van der Waals surface area contributed by atoms with E-state index in [1.807, 2.05) is 26.8 Å². The number of aromatic nitrogens is 1. The van der Waals surface area contributed by atoms with Crippen molar-refractivity contribution in [1.29, 1.82) is 0 Å². The van der Waals surface area contributed by atoms with E-state index in [0.717, 1.165) is 22.9 Å². The molecule has 0 aliphatic carbocycles. The molecule has 0 fully saturated rings. The maximum atomic E-state index is 12.8. The Morgan fingerprint density at radius 2 is 1.71 bits per heavy atom. The second kappa shape index (κ2) is 11.1. The lowest BCUT2D eigenvalue weighted by Crippen LogP contribution is -2.27. The summed E-state index contributed by atoms with van der Waals surface area (Å²) in [7, 11) is 5.78. The van der Waals surface area contributed by atoms with Gasteiger partial charge in [-0.2, -0.15) is 13.2 Å². The third kappa shape index (κ3) is 6.41. The van der Waals surface area contributed by atoms with Gasteiger partial charge >= 0.3 is 6.18 Å². The number of benzene rings is 3. The van der Waals surface area contributed by atoms with Gasteiger partial charge in [-0.15, -0.1) is 0 Å². The lowest BCUT2D eigenvalue weighted by molar-refractivity contribution is -0.137. The van der Waals surface area contributed by atoms with E-state index in [2.05, 4.69) is 10.3 Å². The number of fused-ring (bicyclic) bond motifs is 1. The van der Waals surface area contributed by atoms with Gasteiger partial charge < -0.3 is 10.1 Å². The van der Waals surface area contributed by atoms with Gasteiger partial charge in [-0.3, -0.25) is 9.78 Å². The predicted octanol–water partition coefficient (Wildman–Crippen LogP) is 6.36. The van der Waals surface area contributed by atoms with Crippen LogP contribution in [0.1, 0.15) is 48.4 Å². The summed E-state index contributed by atoms with van der Waals surface area (Å²) in [6, 6.07) is 18.0. The number of carbonyl (C=O) groups excluding carboxylic acids is 1. The summed E-state index contributed by atoms with van der Waals surface area (Å²) in [6.45, 7) is 5.82. The first-order valence-electron chi connectivity index (χ1n) is 11.1. The fourth-order valence-corrected chi connectivity index (χ4v) is 3.38. The molecule has 4 rings (SSSR count). The van der Waals surface area contributed by atoms with Gasteiger partial charge in [0.2, 0.25) is 0 Å². The summed E-state index contributed by atoms with van der Waals surface area (Å²) in [5, 5.41) is 4.37. The van der Waals surface area contributed by atoms with Crippen LogP contribution in [-0.4, -0.2) is 18.7 Å². The van der Waals surface area contributed by atoms with Crippen LogP contribution in [0.25, 0.3) is 10.8 Å². The highest BCUT2D eigenvalue weighted by Crippen LogP contribution is 2.33. The molecule has 0 aliphatic rings. The lowest BCUT2D eigenvalue weighted by Gasteiger charge is -2.15. The second-order valence-corrected chi connectivity index (χ2v) is 7.53. The molecule has 0 saturated heterocycles. The topological polar surface area (TPSA) is 51.2 Å². The number of nitrogens with one attached hydrogen (secondary N) is 1. The van der Waals surface area contributed by atoms with E-state index in [9.17, 15) is 18.0 Å². The number of halogens is 3. The van der Waals surface area contributed by atoms with Gasteiger partial charge in [0.25, 0.3) is 5.91 Å². The molecule has 8 heteroatoms. The van der Waals surface area contributed by atoms with E-state index in [4.69, 9.17) is 12.6 Å². The third-order valence-electron chi connectivity index (χ3n) is 5.11. The van der Waals surface area contributed by atoms with Crippen molar-refractivity contribution in [2.75, 3.05) is 0 Å². The number of hydrogen-bond donors (Lipinski definition) is 1. The quantitative estimate of drug-likeness (QED) is 0.341. The highest BCUT2D eigenvalue weighted by Gasteiger charge is 2.30. The first-order valence-corrected chi connectivity index (χ1v) is 11.1. The average molecular weight is 476 g/mol. The van der Waals surface area contributed by atoms with E-state index in [1.54, 1.807) is 48.7 Å². The number of amides is 1. The van der Waals surface area contributed by atoms with Gasteiger partial charge in [0, 0.05) is 17.1 Å². The van der Waals surface area contributed by atoms with Gasteiger partial charge in [-0.05, 0) is 66.9 Å². The minimum absolute atomic E-state index is 0.275. The van der Waals surface area contributed by atoms with Gasteiger partial charge in [-0.1, -0.05) is 37.5 Å². The Balaban J connectivity index is 0.00000167. The van der Waals surface area contributed by atoms with E-state index < -0.39 is 11.7 Å². The monoisotopic (exact) mass is 476 g/mol. The number of nitrogens with zero attached hydrogens (tertiary/aromatic N) is 1. The number of rotatable bonds is 5. The Labute approximate surface area is 203 Å². The van der Waals surface area contributed by atoms with Crippen molar-refractivity contribution in [1.82, 2.24) is 10.3 Å². The fraction of sp³-hybridized carbons (Fsp3) is 0.185. The predicted molar refractivity (Wildman–Crippen MR) is 132 cm³/mol. The molecule has 0 spiro atoms. The van der Waals surface area contributed by atoms with E-state index >= 15 is 0 Å². The Bertz CT molecular complexity index is 1310. The minimum Gasteiger partial charge on any atom is -0.457 e. The van der Waals surface area contributed by atoms with Crippen LogP contribution in [0.5, 0.6) is 11.5 Å². The summed E-state index contributed by atoms with van der Waals surface area (Å²) in [5.74, 6) is 0.472. The fourth-order valence-electron chi connectivity index (χ4n) is 3.38. The maximum absolute atomic E-state index is 12.8. The van der Waals surface area contributed by atoms with Crippen LogP contribution in [0.3, 0.4) is 0 Å². The number of hydrogen-bond acceptors (Lipinski definition) is 3. The number of alkyl halides is 3. The zero-order chi connectivity index (χ0) is 25.6. The Hall–Kier alpha value is -3.81. The molecule has 1 heterocycles. The normalized spacial score (nSPS) is 11.8. The van der Waals surface area contributed by atoms with Crippen molar-refractivity contribution in [2.45, 2.75) is 33.0 Å². The summed E-state index contributed by atoms with van der Waals surface area (Å²) < 4.78 is 44.1. The molecule has 1 atom stereocenters. The van der Waals surface area contributed by atoms with E-state index in [0.29, 0.717) is 22.5 Å². The third-order valence-corrected chi connectivity index (χ3v) is 5.11. The van der Waals surface area contributed by atoms with E-state index in [-0.39, 0.29) is 17.7 Å². The highest BCUT2D eigenvalue weighted by atomic mass is 19.4. The zero-order valence-corrected chi connectivity index (χ0v) is 19.6. The molecule has 1 N–H and O–H groups in total. The molecular formula is C27H24BF3N2O2. The average Bonchev–Trinajstić information content (AvgIpc) is 2.85. The van der Waals surface area contributed by atoms with Gasteiger partial charge in [0.1, 0.15) is 19.3 Å². The molecule has 1 aromatic heterocycles. The van der Waals surface area contributed by atoms with Crippen LogP contribution >= 0.6 is 0 Å². The smallest absolute Gasteiger partial charge is 0.416 e. The molecule has 0 saturated carbocycles. The second-order valence-electron chi connectivity index (χ2n) is 7.53. The van der Waals surface area contributed by atoms with Crippen LogP contribution < -0.4 is 15.5 Å². The summed E-state index contributed by atoms with van der Waals surface area (Å²) >= 11 is 0. The van der Waals surface area contributed by atoms with Crippen LogP contribution in [0.15, 0.2) is 79.0 Å². The molecular weight excluding hydrogens is 452 g/mol. The molecule has 35 heavy (non-hydrogen) atoms. The van der Waals surface area contributed by atoms with Crippen LogP contribution in [0.4, 0.5) is 13.2 Å². The zero-order valence-electron chi connectivity index (χ0n) is 19.6. The first kappa shape index (κ1) is 25.8. The largest absolute Gasteiger partial charge is 0.457 e. The lowest BCUT2D eigenvalue weighted by atomic mass is 9.96.